The third-order valence-electron chi connectivity index (χ3n) is 7.94. The molecule has 1 aromatic rings. The number of aliphatic hydroxyl groups is 1. The first kappa shape index (κ1) is 28.7. The summed E-state index contributed by atoms with van der Waals surface area (Å²) in [6, 6.07) is 8.72. The summed E-state index contributed by atoms with van der Waals surface area (Å²) in [6.45, 7) is 19.1. The van der Waals surface area contributed by atoms with E-state index in [2.05, 4.69) is 68.8 Å². The van der Waals surface area contributed by atoms with Gasteiger partial charge in [0.15, 0.2) is 0 Å². The van der Waals surface area contributed by atoms with Gasteiger partial charge in [0.1, 0.15) is 0 Å². The zero-order chi connectivity index (χ0) is 26.6. The second-order valence-electron chi connectivity index (χ2n) is 12.3. The first-order valence-electron chi connectivity index (χ1n) is 13.6. The first-order chi connectivity index (χ1) is 16.8. The maximum absolute atomic E-state index is 12.4. The van der Waals surface area contributed by atoms with Gasteiger partial charge in [0.25, 0.3) is 0 Å². The SMILES string of the molecule is C=C1N(CCOC(C)(C)CCOC(C)(C)CCC(=O)NC2CCC(O)CC2)c2ccccc2C1(C)C. The normalized spacial score (nSPS) is 22.0. The lowest BCUT2D eigenvalue weighted by molar-refractivity contribution is -0.124. The summed E-state index contributed by atoms with van der Waals surface area (Å²) in [5.74, 6) is 0.0741. The number of para-hydroxylation sites is 1. The fourth-order valence-electron chi connectivity index (χ4n) is 5.20. The zero-order valence-electron chi connectivity index (χ0n) is 23.4. The van der Waals surface area contributed by atoms with Gasteiger partial charge in [-0.3, -0.25) is 4.79 Å². The van der Waals surface area contributed by atoms with Crippen LogP contribution in [0.2, 0.25) is 0 Å². The number of hydrogen-bond acceptors (Lipinski definition) is 5. The molecule has 0 atom stereocenters. The van der Waals surface area contributed by atoms with Crippen molar-refractivity contribution in [2.75, 3.05) is 24.7 Å². The Kier molecular flexibility index (Phi) is 9.29. The van der Waals surface area contributed by atoms with Crippen LogP contribution in [0, 0.1) is 0 Å². The minimum Gasteiger partial charge on any atom is -0.393 e. The van der Waals surface area contributed by atoms with Gasteiger partial charge in [-0.2, -0.15) is 0 Å². The molecule has 0 saturated heterocycles. The van der Waals surface area contributed by atoms with Gasteiger partial charge < -0.3 is 24.8 Å². The molecule has 0 bridgehead atoms. The lowest BCUT2D eigenvalue weighted by Gasteiger charge is -2.31. The lowest BCUT2D eigenvalue weighted by Crippen LogP contribution is -2.39. The van der Waals surface area contributed by atoms with Crippen molar-refractivity contribution in [2.24, 2.45) is 0 Å². The molecular formula is C30H48N2O4. The van der Waals surface area contributed by atoms with E-state index in [4.69, 9.17) is 9.47 Å². The van der Waals surface area contributed by atoms with Gasteiger partial charge in [-0.15, -0.1) is 0 Å². The molecule has 202 valence electrons. The molecule has 1 aromatic carbocycles. The molecule has 6 heteroatoms. The fourth-order valence-corrected chi connectivity index (χ4v) is 5.20. The van der Waals surface area contributed by atoms with Crippen LogP contribution in [0.1, 0.15) is 92.1 Å². The predicted molar refractivity (Wildman–Crippen MR) is 146 cm³/mol. The summed E-state index contributed by atoms with van der Waals surface area (Å²) in [7, 11) is 0. The van der Waals surface area contributed by atoms with Gasteiger partial charge in [0.2, 0.25) is 5.91 Å². The molecule has 0 spiro atoms. The maximum atomic E-state index is 12.4. The Morgan fingerprint density at radius 1 is 1.06 bits per heavy atom. The van der Waals surface area contributed by atoms with Crippen molar-refractivity contribution in [3.63, 3.8) is 0 Å². The summed E-state index contributed by atoms with van der Waals surface area (Å²) in [5, 5.41) is 12.7. The molecule has 1 aliphatic heterocycles. The van der Waals surface area contributed by atoms with Crippen molar-refractivity contribution in [3.05, 3.63) is 42.1 Å². The van der Waals surface area contributed by atoms with Crippen LogP contribution in [0.15, 0.2) is 36.5 Å². The third kappa shape index (κ3) is 7.56. The molecule has 1 fully saturated rings. The van der Waals surface area contributed by atoms with Crippen LogP contribution >= 0.6 is 0 Å². The van der Waals surface area contributed by atoms with E-state index in [1.54, 1.807) is 0 Å². The number of benzene rings is 1. The highest BCUT2D eigenvalue weighted by Gasteiger charge is 2.38. The van der Waals surface area contributed by atoms with Gasteiger partial charge in [0, 0.05) is 35.8 Å². The Bertz CT molecular complexity index is 900. The van der Waals surface area contributed by atoms with E-state index in [0.717, 1.165) is 44.3 Å². The Hall–Kier alpha value is -1.89. The number of hydrogen-bond donors (Lipinski definition) is 2. The summed E-state index contributed by atoms with van der Waals surface area (Å²) in [6.07, 6.45) is 4.95. The molecule has 0 unspecified atom stereocenters. The Balaban J connectivity index is 1.36. The fraction of sp³-hybridized carbons (Fsp3) is 0.700. The molecule has 2 aliphatic rings. The topological polar surface area (TPSA) is 71.0 Å². The molecule has 2 N–H and O–H groups in total. The minimum atomic E-state index is -0.376. The second-order valence-corrected chi connectivity index (χ2v) is 12.3. The number of allylic oxidation sites excluding steroid dienone is 1. The van der Waals surface area contributed by atoms with E-state index < -0.39 is 0 Å². The van der Waals surface area contributed by atoms with Crippen molar-refractivity contribution in [2.45, 2.75) is 115 Å². The highest BCUT2D eigenvalue weighted by Crippen LogP contribution is 2.46. The smallest absolute Gasteiger partial charge is 0.220 e. The molecule has 1 amide bonds. The first-order valence-corrected chi connectivity index (χ1v) is 13.6. The summed E-state index contributed by atoms with van der Waals surface area (Å²) in [4.78, 5) is 14.7. The van der Waals surface area contributed by atoms with Crippen molar-refractivity contribution in [1.29, 1.82) is 0 Å². The average molecular weight is 501 g/mol. The second kappa shape index (κ2) is 11.7. The maximum Gasteiger partial charge on any atom is 0.220 e. The van der Waals surface area contributed by atoms with Crippen LogP contribution in [0.3, 0.4) is 0 Å². The number of rotatable bonds is 12. The van der Waals surface area contributed by atoms with Gasteiger partial charge in [-0.1, -0.05) is 38.6 Å². The van der Waals surface area contributed by atoms with E-state index in [1.165, 1.54) is 11.3 Å². The number of carbonyl (C=O) groups is 1. The van der Waals surface area contributed by atoms with Crippen LogP contribution in [0.25, 0.3) is 0 Å². The molecule has 36 heavy (non-hydrogen) atoms. The quantitative estimate of drug-likeness (QED) is 0.398. The number of anilines is 1. The van der Waals surface area contributed by atoms with Crippen LogP contribution in [0.5, 0.6) is 0 Å². The third-order valence-corrected chi connectivity index (χ3v) is 7.94. The highest BCUT2D eigenvalue weighted by molar-refractivity contribution is 5.76. The molecule has 0 radical (unpaired) electrons. The molecule has 1 saturated carbocycles. The largest absolute Gasteiger partial charge is 0.393 e. The molecule has 1 heterocycles. The molecule has 3 rings (SSSR count). The van der Waals surface area contributed by atoms with Crippen LogP contribution < -0.4 is 10.2 Å². The van der Waals surface area contributed by atoms with Gasteiger partial charge in [-0.05, 0) is 77.8 Å². The molecule has 1 aliphatic carbocycles. The average Bonchev–Trinajstić information content (AvgIpc) is 3.00. The van der Waals surface area contributed by atoms with E-state index in [1.807, 2.05) is 13.8 Å². The minimum absolute atomic E-state index is 0.0681. The van der Waals surface area contributed by atoms with E-state index in [0.29, 0.717) is 26.1 Å². The van der Waals surface area contributed by atoms with Gasteiger partial charge >= 0.3 is 0 Å². The van der Waals surface area contributed by atoms with Crippen LogP contribution in [-0.4, -0.2) is 54.1 Å². The van der Waals surface area contributed by atoms with Gasteiger partial charge in [0.05, 0.1) is 30.5 Å². The zero-order valence-corrected chi connectivity index (χ0v) is 23.4. The Morgan fingerprint density at radius 2 is 1.67 bits per heavy atom. The summed E-state index contributed by atoms with van der Waals surface area (Å²) < 4.78 is 12.5. The van der Waals surface area contributed by atoms with Crippen molar-refractivity contribution in [1.82, 2.24) is 5.32 Å². The highest BCUT2D eigenvalue weighted by atomic mass is 16.5. The van der Waals surface area contributed by atoms with Crippen LogP contribution in [0.4, 0.5) is 5.69 Å². The van der Waals surface area contributed by atoms with Gasteiger partial charge in [-0.25, -0.2) is 0 Å². The van der Waals surface area contributed by atoms with Crippen LogP contribution in [-0.2, 0) is 19.7 Å². The van der Waals surface area contributed by atoms with Crippen molar-refractivity contribution >= 4 is 11.6 Å². The standard InChI is InChI=1S/C30H48N2O4/c1-22-30(6,7)25-10-8-9-11-26(25)32(22)19-21-36-29(4,5)18-20-35-28(2,3)17-16-27(34)31-23-12-14-24(33)15-13-23/h8-11,23-24,33H,1,12-21H2,2-7H3,(H,31,34). The number of fused-ring (bicyclic) bond motifs is 1. The number of carbonyl (C=O) groups excluding carboxylic acids is 1. The van der Waals surface area contributed by atoms with E-state index in [-0.39, 0.29) is 34.7 Å². The number of amides is 1. The van der Waals surface area contributed by atoms with Crippen molar-refractivity contribution < 1.29 is 19.4 Å². The summed E-state index contributed by atoms with van der Waals surface area (Å²) >= 11 is 0. The summed E-state index contributed by atoms with van der Waals surface area (Å²) in [5.41, 5.74) is 2.90. The number of nitrogens with zero attached hydrogens (tertiary/aromatic N) is 1. The Labute approximate surface area is 218 Å². The monoisotopic (exact) mass is 500 g/mol. The lowest BCUT2D eigenvalue weighted by atomic mass is 9.85. The number of aliphatic hydroxyl groups excluding tert-OH is 1. The number of ether oxygens (including phenoxy) is 2. The predicted octanol–water partition coefficient (Wildman–Crippen LogP) is 5.48. The van der Waals surface area contributed by atoms with E-state index >= 15 is 0 Å². The molecular weight excluding hydrogens is 452 g/mol. The Morgan fingerprint density at radius 3 is 2.36 bits per heavy atom. The van der Waals surface area contributed by atoms with E-state index in [9.17, 15) is 9.90 Å². The molecule has 0 aromatic heterocycles. The molecule has 6 nitrogen and oxygen atoms in total. The van der Waals surface area contributed by atoms with Crippen molar-refractivity contribution in [3.8, 4) is 0 Å². The number of nitrogens with one attached hydrogen (secondary N) is 1.